The van der Waals surface area contributed by atoms with Crippen LogP contribution in [0.5, 0.6) is 0 Å². The summed E-state index contributed by atoms with van der Waals surface area (Å²) in [6.07, 6.45) is 2.84. The third-order valence-corrected chi connectivity index (χ3v) is 3.70. The van der Waals surface area contributed by atoms with Crippen LogP contribution in [0.1, 0.15) is 33.6 Å². The topological polar surface area (TPSA) is 75.3 Å². The van der Waals surface area contributed by atoms with Gasteiger partial charge in [-0.15, -0.1) is 0 Å². The maximum atomic E-state index is 11.6. The van der Waals surface area contributed by atoms with Gasteiger partial charge in [-0.3, -0.25) is 14.4 Å². The van der Waals surface area contributed by atoms with Gasteiger partial charge in [0.2, 0.25) is 11.8 Å². The second-order valence-corrected chi connectivity index (χ2v) is 5.11. The molecule has 0 fully saturated rings. The zero-order valence-electron chi connectivity index (χ0n) is 11.4. The number of thioether (sulfide) groups is 1. The van der Waals surface area contributed by atoms with Crippen LogP contribution in [0, 0.1) is 0 Å². The molecule has 0 saturated heterocycles. The first-order chi connectivity index (χ1) is 8.42. The molecular weight excluding hydrogens is 252 g/mol. The van der Waals surface area contributed by atoms with Crippen molar-refractivity contribution in [3.05, 3.63) is 0 Å². The van der Waals surface area contributed by atoms with Gasteiger partial charge in [0, 0.05) is 13.0 Å². The summed E-state index contributed by atoms with van der Waals surface area (Å²) in [7, 11) is 0. The van der Waals surface area contributed by atoms with Crippen LogP contribution in [-0.4, -0.2) is 41.7 Å². The van der Waals surface area contributed by atoms with Crippen LogP contribution >= 0.6 is 11.8 Å². The Morgan fingerprint density at radius 2 is 1.89 bits per heavy atom. The highest BCUT2D eigenvalue weighted by molar-refractivity contribution is 7.99. The molecule has 2 unspecified atom stereocenters. The number of Topliss-reactive ketones (excluding diaryl/α,β-unsaturated/α-hetero) is 1. The Morgan fingerprint density at radius 3 is 2.33 bits per heavy atom. The van der Waals surface area contributed by atoms with Crippen LogP contribution in [0.4, 0.5) is 0 Å². The molecular formula is C12H22N2O3S. The number of nitrogens with one attached hydrogen (secondary N) is 2. The summed E-state index contributed by atoms with van der Waals surface area (Å²) >= 11 is 1.49. The SMILES string of the molecule is CCC(SC)C(=O)NCCC(=O)NC(C)C(C)=O. The van der Waals surface area contributed by atoms with Crippen molar-refractivity contribution in [3.8, 4) is 0 Å². The molecule has 0 aromatic heterocycles. The van der Waals surface area contributed by atoms with E-state index in [9.17, 15) is 14.4 Å². The second kappa shape index (κ2) is 8.97. The lowest BCUT2D eigenvalue weighted by Crippen LogP contribution is -2.40. The number of ketones is 1. The van der Waals surface area contributed by atoms with Gasteiger partial charge in [0.25, 0.3) is 0 Å². The van der Waals surface area contributed by atoms with Crippen molar-refractivity contribution < 1.29 is 14.4 Å². The van der Waals surface area contributed by atoms with E-state index in [2.05, 4.69) is 10.6 Å². The van der Waals surface area contributed by atoms with E-state index < -0.39 is 6.04 Å². The van der Waals surface area contributed by atoms with E-state index in [-0.39, 0.29) is 29.3 Å². The molecule has 18 heavy (non-hydrogen) atoms. The lowest BCUT2D eigenvalue weighted by molar-refractivity contribution is -0.126. The first-order valence-electron chi connectivity index (χ1n) is 6.02. The van der Waals surface area contributed by atoms with Gasteiger partial charge in [-0.2, -0.15) is 11.8 Å². The van der Waals surface area contributed by atoms with Gasteiger partial charge in [-0.1, -0.05) is 6.92 Å². The maximum absolute atomic E-state index is 11.6. The minimum atomic E-state index is -0.470. The normalized spacial score (nSPS) is 13.6. The predicted octanol–water partition coefficient (Wildman–Crippen LogP) is 0.728. The molecule has 0 aliphatic heterocycles. The van der Waals surface area contributed by atoms with Crippen molar-refractivity contribution in [3.63, 3.8) is 0 Å². The van der Waals surface area contributed by atoms with Gasteiger partial charge in [0.1, 0.15) is 0 Å². The standard InChI is InChI=1S/C12H22N2O3S/c1-5-10(18-4)12(17)13-7-6-11(16)14-8(2)9(3)15/h8,10H,5-7H2,1-4H3,(H,13,17)(H,14,16). The number of hydrogen-bond donors (Lipinski definition) is 2. The lowest BCUT2D eigenvalue weighted by atomic mass is 10.2. The van der Waals surface area contributed by atoms with Gasteiger partial charge >= 0.3 is 0 Å². The molecule has 0 bridgehead atoms. The fraction of sp³-hybridized carbons (Fsp3) is 0.750. The van der Waals surface area contributed by atoms with Crippen molar-refractivity contribution in [1.29, 1.82) is 0 Å². The van der Waals surface area contributed by atoms with Crippen LogP contribution in [0.15, 0.2) is 0 Å². The molecule has 0 rings (SSSR count). The zero-order chi connectivity index (χ0) is 14.1. The minimum absolute atomic E-state index is 0.0441. The summed E-state index contributed by atoms with van der Waals surface area (Å²) in [6, 6.07) is -0.470. The summed E-state index contributed by atoms with van der Waals surface area (Å²) in [5, 5.41) is 5.21. The summed E-state index contributed by atoms with van der Waals surface area (Å²) in [4.78, 5) is 34.0. The smallest absolute Gasteiger partial charge is 0.233 e. The van der Waals surface area contributed by atoms with E-state index in [1.165, 1.54) is 18.7 Å². The van der Waals surface area contributed by atoms with Crippen LogP contribution in [0.3, 0.4) is 0 Å². The van der Waals surface area contributed by atoms with E-state index in [0.717, 1.165) is 6.42 Å². The van der Waals surface area contributed by atoms with Crippen LogP contribution in [0.25, 0.3) is 0 Å². The van der Waals surface area contributed by atoms with Gasteiger partial charge < -0.3 is 10.6 Å². The summed E-state index contributed by atoms with van der Waals surface area (Å²) in [5.41, 5.74) is 0. The monoisotopic (exact) mass is 274 g/mol. The van der Waals surface area contributed by atoms with Crippen molar-refractivity contribution in [2.24, 2.45) is 0 Å². The first kappa shape index (κ1) is 17.0. The molecule has 0 aromatic carbocycles. The van der Waals surface area contributed by atoms with Crippen LogP contribution in [0.2, 0.25) is 0 Å². The average Bonchev–Trinajstić information content (AvgIpc) is 2.30. The van der Waals surface area contributed by atoms with Crippen molar-refractivity contribution in [1.82, 2.24) is 10.6 Å². The molecule has 104 valence electrons. The fourth-order valence-corrected chi connectivity index (χ4v) is 1.92. The van der Waals surface area contributed by atoms with E-state index in [4.69, 9.17) is 0 Å². The number of carbonyl (C=O) groups excluding carboxylic acids is 3. The highest BCUT2D eigenvalue weighted by Crippen LogP contribution is 2.09. The quantitative estimate of drug-likeness (QED) is 0.684. The minimum Gasteiger partial charge on any atom is -0.355 e. The van der Waals surface area contributed by atoms with Gasteiger partial charge in [0.15, 0.2) is 5.78 Å². The molecule has 0 aliphatic carbocycles. The van der Waals surface area contributed by atoms with Crippen molar-refractivity contribution in [2.75, 3.05) is 12.8 Å². The molecule has 2 N–H and O–H groups in total. The van der Waals surface area contributed by atoms with Crippen LogP contribution in [-0.2, 0) is 14.4 Å². The number of hydrogen-bond acceptors (Lipinski definition) is 4. The molecule has 0 saturated carbocycles. The van der Waals surface area contributed by atoms with Gasteiger partial charge in [0.05, 0.1) is 11.3 Å². The summed E-state index contributed by atoms with van der Waals surface area (Å²) < 4.78 is 0. The Morgan fingerprint density at radius 1 is 1.28 bits per heavy atom. The third-order valence-electron chi connectivity index (χ3n) is 2.59. The van der Waals surface area contributed by atoms with E-state index in [1.807, 2.05) is 13.2 Å². The molecule has 2 atom stereocenters. The molecule has 0 spiro atoms. The Balaban J connectivity index is 3.87. The Bertz CT molecular complexity index is 304. The average molecular weight is 274 g/mol. The highest BCUT2D eigenvalue weighted by atomic mass is 32.2. The van der Waals surface area contributed by atoms with Gasteiger partial charge in [-0.25, -0.2) is 0 Å². The number of carbonyl (C=O) groups is 3. The van der Waals surface area contributed by atoms with Crippen molar-refractivity contribution in [2.45, 2.75) is 44.9 Å². The molecule has 5 nitrogen and oxygen atoms in total. The molecule has 0 aliphatic rings. The van der Waals surface area contributed by atoms with E-state index in [0.29, 0.717) is 6.54 Å². The first-order valence-corrected chi connectivity index (χ1v) is 7.31. The third kappa shape index (κ3) is 6.64. The van der Waals surface area contributed by atoms with Gasteiger partial charge in [-0.05, 0) is 26.5 Å². The maximum Gasteiger partial charge on any atom is 0.233 e. The Kier molecular flexibility index (Phi) is 8.45. The van der Waals surface area contributed by atoms with Crippen molar-refractivity contribution >= 4 is 29.4 Å². The molecule has 0 heterocycles. The predicted molar refractivity (Wildman–Crippen MR) is 73.5 cm³/mol. The Hall–Kier alpha value is -1.04. The van der Waals surface area contributed by atoms with Crippen LogP contribution < -0.4 is 10.6 Å². The number of amides is 2. The summed E-state index contributed by atoms with van der Waals surface area (Å²) in [6.45, 7) is 5.31. The molecule has 2 amide bonds. The largest absolute Gasteiger partial charge is 0.355 e. The molecule has 6 heteroatoms. The van der Waals surface area contributed by atoms with E-state index >= 15 is 0 Å². The highest BCUT2D eigenvalue weighted by Gasteiger charge is 2.15. The lowest BCUT2D eigenvalue weighted by Gasteiger charge is -2.13. The second-order valence-electron chi connectivity index (χ2n) is 4.07. The molecule has 0 radical (unpaired) electrons. The van der Waals surface area contributed by atoms with E-state index in [1.54, 1.807) is 6.92 Å². The fourth-order valence-electron chi connectivity index (χ4n) is 1.29. The zero-order valence-corrected chi connectivity index (χ0v) is 12.2. The number of rotatable bonds is 8. The molecule has 0 aromatic rings. The Labute approximate surface area is 112 Å². The summed E-state index contributed by atoms with van der Waals surface area (Å²) in [5.74, 6) is -0.353.